The lowest BCUT2D eigenvalue weighted by molar-refractivity contribution is 0.335. The number of aromatic nitrogens is 1. The molecule has 0 amide bonds. The Balaban J connectivity index is 1.92. The number of nitrogens with one attached hydrogen (secondary N) is 1. The van der Waals surface area contributed by atoms with Crippen molar-refractivity contribution in [3.63, 3.8) is 0 Å². The summed E-state index contributed by atoms with van der Waals surface area (Å²) in [5.41, 5.74) is 1.25. The van der Waals surface area contributed by atoms with Gasteiger partial charge in [0.15, 0.2) is 0 Å². The monoisotopic (exact) mass is 273 g/mol. The fourth-order valence-electron chi connectivity index (χ4n) is 2.57. The second kappa shape index (κ2) is 5.49. The Bertz CT molecular complexity index is 579. The van der Waals surface area contributed by atoms with Crippen molar-refractivity contribution >= 4 is 22.7 Å². The molecule has 1 atom stereocenters. The lowest BCUT2D eigenvalue weighted by atomic mass is 10.1. The largest absolute Gasteiger partial charge is 0.312 e. The standard InChI is InChI=1S/C15H19N3S/c1-11-8-16-9-13-4-3-5-14(15(11)13)19-18-7-6-17-12(2)10-18/h3-5,8-9,12,17H,6-7,10H2,1-2H3. The molecule has 1 aliphatic rings. The molecule has 19 heavy (non-hydrogen) atoms. The number of aryl methyl sites for hydroxylation is 1. The highest BCUT2D eigenvalue weighted by atomic mass is 32.2. The van der Waals surface area contributed by atoms with Gasteiger partial charge in [0.1, 0.15) is 0 Å². The first kappa shape index (κ1) is 12.9. The van der Waals surface area contributed by atoms with Crippen molar-refractivity contribution in [3.05, 3.63) is 36.2 Å². The van der Waals surface area contributed by atoms with Crippen LogP contribution in [0.2, 0.25) is 0 Å². The minimum atomic E-state index is 0.569. The van der Waals surface area contributed by atoms with Crippen LogP contribution in [-0.2, 0) is 0 Å². The number of hydrogen-bond acceptors (Lipinski definition) is 4. The Labute approximate surface area is 118 Å². The quantitative estimate of drug-likeness (QED) is 0.852. The Morgan fingerprint density at radius 2 is 2.26 bits per heavy atom. The summed E-state index contributed by atoms with van der Waals surface area (Å²) in [6.07, 6.45) is 3.90. The average molecular weight is 273 g/mol. The Morgan fingerprint density at radius 3 is 3.11 bits per heavy atom. The van der Waals surface area contributed by atoms with Crippen molar-refractivity contribution in [1.29, 1.82) is 0 Å². The van der Waals surface area contributed by atoms with Crippen LogP contribution in [0.1, 0.15) is 12.5 Å². The van der Waals surface area contributed by atoms with Gasteiger partial charge in [-0.25, -0.2) is 4.31 Å². The van der Waals surface area contributed by atoms with E-state index in [4.69, 9.17) is 0 Å². The molecule has 1 fully saturated rings. The van der Waals surface area contributed by atoms with Gasteiger partial charge in [0.05, 0.1) is 0 Å². The van der Waals surface area contributed by atoms with Crippen LogP contribution in [0.5, 0.6) is 0 Å². The predicted octanol–water partition coefficient (Wildman–Crippen LogP) is 2.84. The molecule has 1 N–H and O–H groups in total. The van der Waals surface area contributed by atoms with Crippen molar-refractivity contribution in [2.75, 3.05) is 19.6 Å². The summed E-state index contributed by atoms with van der Waals surface area (Å²) >= 11 is 1.88. The van der Waals surface area contributed by atoms with Gasteiger partial charge in [-0.05, 0) is 37.4 Å². The molecule has 3 rings (SSSR count). The van der Waals surface area contributed by atoms with E-state index in [1.54, 1.807) is 0 Å². The van der Waals surface area contributed by atoms with Crippen LogP contribution < -0.4 is 5.32 Å². The smallest absolute Gasteiger partial charge is 0.0346 e. The lowest BCUT2D eigenvalue weighted by Gasteiger charge is -2.31. The van der Waals surface area contributed by atoms with Crippen LogP contribution in [0.15, 0.2) is 35.5 Å². The van der Waals surface area contributed by atoms with Crippen LogP contribution in [0.3, 0.4) is 0 Å². The summed E-state index contributed by atoms with van der Waals surface area (Å²) in [7, 11) is 0. The van der Waals surface area contributed by atoms with Gasteiger partial charge in [0, 0.05) is 53.7 Å². The summed E-state index contributed by atoms with van der Waals surface area (Å²) in [5.74, 6) is 0. The molecule has 0 spiro atoms. The molecule has 2 heterocycles. The van der Waals surface area contributed by atoms with E-state index in [1.807, 2.05) is 24.3 Å². The minimum Gasteiger partial charge on any atom is -0.312 e. The molecule has 1 saturated heterocycles. The van der Waals surface area contributed by atoms with E-state index in [1.165, 1.54) is 21.2 Å². The highest BCUT2D eigenvalue weighted by Gasteiger charge is 2.17. The number of rotatable bonds is 2. The lowest BCUT2D eigenvalue weighted by Crippen LogP contribution is -2.46. The number of pyridine rings is 1. The van der Waals surface area contributed by atoms with Gasteiger partial charge >= 0.3 is 0 Å². The molecule has 1 unspecified atom stereocenters. The van der Waals surface area contributed by atoms with Gasteiger partial charge in [-0.15, -0.1) is 0 Å². The van der Waals surface area contributed by atoms with Gasteiger partial charge < -0.3 is 5.32 Å². The summed E-state index contributed by atoms with van der Waals surface area (Å²) in [6.45, 7) is 7.63. The van der Waals surface area contributed by atoms with E-state index in [9.17, 15) is 0 Å². The normalized spacial score (nSPS) is 20.8. The van der Waals surface area contributed by atoms with E-state index >= 15 is 0 Å². The van der Waals surface area contributed by atoms with E-state index < -0.39 is 0 Å². The number of nitrogens with zero attached hydrogens (tertiary/aromatic N) is 2. The van der Waals surface area contributed by atoms with Crippen LogP contribution in [0, 0.1) is 6.92 Å². The molecule has 0 saturated carbocycles. The van der Waals surface area contributed by atoms with Crippen molar-refractivity contribution in [1.82, 2.24) is 14.6 Å². The Kier molecular flexibility index (Phi) is 3.73. The van der Waals surface area contributed by atoms with Crippen molar-refractivity contribution in [2.45, 2.75) is 24.8 Å². The summed E-state index contributed by atoms with van der Waals surface area (Å²) in [6, 6.07) is 7.04. The van der Waals surface area contributed by atoms with Crippen molar-refractivity contribution in [3.8, 4) is 0 Å². The van der Waals surface area contributed by atoms with Crippen molar-refractivity contribution < 1.29 is 0 Å². The Morgan fingerprint density at radius 1 is 1.37 bits per heavy atom. The van der Waals surface area contributed by atoms with E-state index in [0.29, 0.717) is 6.04 Å². The maximum absolute atomic E-state index is 4.28. The molecule has 1 aliphatic heterocycles. The molecule has 0 bridgehead atoms. The highest BCUT2D eigenvalue weighted by Crippen LogP contribution is 2.32. The highest BCUT2D eigenvalue weighted by molar-refractivity contribution is 7.97. The average Bonchev–Trinajstić information content (AvgIpc) is 2.39. The molecule has 1 aromatic carbocycles. The zero-order valence-corrected chi connectivity index (χ0v) is 12.2. The van der Waals surface area contributed by atoms with E-state index in [0.717, 1.165) is 19.6 Å². The van der Waals surface area contributed by atoms with Crippen LogP contribution >= 0.6 is 11.9 Å². The SMILES string of the molecule is Cc1cncc2cccc(SN3CCNC(C)C3)c12. The first-order valence-corrected chi connectivity index (χ1v) is 7.51. The summed E-state index contributed by atoms with van der Waals surface area (Å²) in [4.78, 5) is 5.62. The van der Waals surface area contributed by atoms with Gasteiger partial charge in [-0.1, -0.05) is 12.1 Å². The maximum atomic E-state index is 4.28. The molecule has 0 aliphatic carbocycles. The van der Waals surface area contributed by atoms with Gasteiger partial charge in [-0.3, -0.25) is 4.98 Å². The van der Waals surface area contributed by atoms with E-state index in [-0.39, 0.29) is 0 Å². The van der Waals surface area contributed by atoms with Crippen molar-refractivity contribution in [2.24, 2.45) is 0 Å². The third kappa shape index (κ3) is 2.76. The number of fused-ring (bicyclic) bond motifs is 1. The fourth-order valence-corrected chi connectivity index (χ4v) is 3.84. The van der Waals surface area contributed by atoms with Crippen LogP contribution in [-0.4, -0.2) is 35.0 Å². The third-order valence-corrected chi connectivity index (χ3v) is 4.62. The molecular formula is C15H19N3S. The number of piperazine rings is 1. The first-order valence-electron chi connectivity index (χ1n) is 6.73. The van der Waals surface area contributed by atoms with Crippen LogP contribution in [0.25, 0.3) is 10.8 Å². The van der Waals surface area contributed by atoms with Gasteiger partial charge in [-0.2, -0.15) is 0 Å². The zero-order valence-electron chi connectivity index (χ0n) is 11.4. The molecule has 0 radical (unpaired) electrons. The summed E-state index contributed by atoms with van der Waals surface area (Å²) in [5, 5.41) is 6.05. The fraction of sp³-hybridized carbons (Fsp3) is 0.400. The molecule has 100 valence electrons. The molecule has 2 aromatic rings. The van der Waals surface area contributed by atoms with Crippen LogP contribution in [0.4, 0.5) is 0 Å². The third-order valence-electron chi connectivity index (χ3n) is 3.49. The second-order valence-corrected chi connectivity index (χ2v) is 6.28. The zero-order chi connectivity index (χ0) is 13.2. The molecule has 3 nitrogen and oxygen atoms in total. The van der Waals surface area contributed by atoms with E-state index in [2.05, 4.69) is 46.7 Å². The number of hydrogen-bond donors (Lipinski definition) is 1. The predicted molar refractivity (Wildman–Crippen MR) is 81.4 cm³/mol. The van der Waals surface area contributed by atoms with Gasteiger partial charge in [0.25, 0.3) is 0 Å². The molecular weight excluding hydrogens is 254 g/mol. The minimum absolute atomic E-state index is 0.569. The molecule has 1 aromatic heterocycles. The van der Waals surface area contributed by atoms with Gasteiger partial charge in [0.2, 0.25) is 0 Å². The second-order valence-electron chi connectivity index (χ2n) is 5.15. The summed E-state index contributed by atoms with van der Waals surface area (Å²) < 4.78 is 2.45. The maximum Gasteiger partial charge on any atom is 0.0346 e. The molecule has 4 heteroatoms. The first-order chi connectivity index (χ1) is 9.24. The topological polar surface area (TPSA) is 28.2 Å². The Hall–Kier alpha value is -1.10. The number of benzene rings is 1.